The molecular formula is C73H138O6. The van der Waals surface area contributed by atoms with Crippen molar-refractivity contribution < 1.29 is 28.6 Å². The first-order valence-electron chi connectivity index (χ1n) is 35.8. The Bertz CT molecular complexity index is 1270. The van der Waals surface area contributed by atoms with Crippen molar-refractivity contribution in [2.24, 2.45) is 0 Å². The lowest BCUT2D eigenvalue weighted by atomic mass is 10.0. The van der Waals surface area contributed by atoms with Crippen LogP contribution in [0.3, 0.4) is 0 Å². The summed E-state index contributed by atoms with van der Waals surface area (Å²) in [6.07, 6.45) is 83.6. The number of rotatable bonds is 67. The van der Waals surface area contributed by atoms with Crippen molar-refractivity contribution >= 4 is 17.9 Å². The molecule has 0 aromatic rings. The van der Waals surface area contributed by atoms with Gasteiger partial charge in [-0.05, 0) is 51.4 Å². The Morgan fingerprint density at radius 3 is 0.722 bits per heavy atom. The molecule has 0 heterocycles. The normalized spacial score (nSPS) is 12.1. The summed E-state index contributed by atoms with van der Waals surface area (Å²) in [5.74, 6) is -0.845. The molecule has 0 fully saturated rings. The first-order valence-corrected chi connectivity index (χ1v) is 35.8. The van der Waals surface area contributed by atoms with E-state index in [4.69, 9.17) is 14.2 Å². The molecule has 0 aliphatic heterocycles. The lowest BCUT2D eigenvalue weighted by Crippen LogP contribution is -2.30. The molecule has 0 amide bonds. The van der Waals surface area contributed by atoms with Gasteiger partial charge in [-0.1, -0.05) is 360 Å². The maximum atomic E-state index is 12.9. The van der Waals surface area contributed by atoms with Crippen LogP contribution in [0.5, 0.6) is 0 Å². The Balaban J connectivity index is 4.15. The number of carbonyl (C=O) groups excluding carboxylic acids is 3. The highest BCUT2D eigenvalue weighted by molar-refractivity contribution is 5.71. The van der Waals surface area contributed by atoms with Gasteiger partial charge in [-0.25, -0.2) is 0 Å². The lowest BCUT2D eigenvalue weighted by Gasteiger charge is -2.18. The van der Waals surface area contributed by atoms with Crippen molar-refractivity contribution in [3.63, 3.8) is 0 Å². The van der Waals surface area contributed by atoms with Gasteiger partial charge in [0, 0.05) is 19.3 Å². The van der Waals surface area contributed by atoms with E-state index >= 15 is 0 Å². The van der Waals surface area contributed by atoms with Crippen LogP contribution in [-0.2, 0) is 28.6 Å². The van der Waals surface area contributed by atoms with Crippen molar-refractivity contribution in [3.8, 4) is 0 Å². The van der Waals surface area contributed by atoms with E-state index in [0.29, 0.717) is 19.3 Å². The zero-order chi connectivity index (χ0) is 57.1. The van der Waals surface area contributed by atoms with E-state index < -0.39 is 6.10 Å². The molecule has 0 N–H and O–H groups in total. The van der Waals surface area contributed by atoms with Gasteiger partial charge in [0.2, 0.25) is 0 Å². The summed E-state index contributed by atoms with van der Waals surface area (Å²) < 4.78 is 17.0. The highest BCUT2D eigenvalue weighted by Crippen LogP contribution is 2.19. The average Bonchev–Trinajstić information content (AvgIpc) is 3.45. The smallest absolute Gasteiger partial charge is 0.306 e. The predicted octanol–water partition coefficient (Wildman–Crippen LogP) is 24.6. The molecule has 0 rings (SSSR count). The molecule has 0 aromatic heterocycles. The van der Waals surface area contributed by atoms with E-state index in [2.05, 4.69) is 45.1 Å². The minimum absolute atomic E-state index is 0.0682. The second-order valence-electron chi connectivity index (χ2n) is 24.5. The fraction of sp³-hybridized carbons (Fsp3) is 0.904. The van der Waals surface area contributed by atoms with E-state index in [9.17, 15) is 14.4 Å². The van der Waals surface area contributed by atoms with E-state index in [-0.39, 0.29) is 31.1 Å². The average molecular weight is 1110 g/mol. The van der Waals surface area contributed by atoms with Gasteiger partial charge in [-0.2, -0.15) is 0 Å². The molecule has 0 saturated carbocycles. The number of carbonyl (C=O) groups is 3. The van der Waals surface area contributed by atoms with Gasteiger partial charge in [-0.15, -0.1) is 0 Å². The first kappa shape index (κ1) is 76.9. The first-order chi connectivity index (χ1) is 39.0. The standard InChI is InChI=1S/C73H138O6/c1-4-7-10-13-16-19-22-25-28-30-31-32-33-34-35-36-37-38-39-40-41-42-44-45-48-51-54-57-60-63-66-72(75)78-69-70(68-77-71(74)65-62-59-56-53-50-47-27-24-21-18-15-12-9-6-3)79-73(76)67-64-61-58-55-52-49-46-43-29-26-23-20-17-14-11-8-5-2/h17,20,26,29,70H,4-16,18-19,21-25,27-28,30-69H2,1-3H3/b20-17-,29-26-. The van der Waals surface area contributed by atoms with Crippen LogP contribution < -0.4 is 0 Å². The fourth-order valence-corrected chi connectivity index (χ4v) is 11.1. The molecule has 79 heavy (non-hydrogen) atoms. The van der Waals surface area contributed by atoms with Gasteiger partial charge in [-0.3, -0.25) is 14.4 Å². The number of hydrogen-bond acceptors (Lipinski definition) is 6. The Kier molecular flexibility index (Phi) is 66.6. The van der Waals surface area contributed by atoms with Gasteiger partial charge >= 0.3 is 17.9 Å². The monoisotopic (exact) mass is 1110 g/mol. The quantitative estimate of drug-likeness (QED) is 0.0261. The summed E-state index contributed by atoms with van der Waals surface area (Å²) in [5.41, 5.74) is 0. The van der Waals surface area contributed by atoms with Crippen molar-refractivity contribution in [2.75, 3.05) is 13.2 Å². The van der Waals surface area contributed by atoms with Crippen LogP contribution in [0.25, 0.3) is 0 Å². The van der Waals surface area contributed by atoms with Crippen LogP contribution in [0.4, 0.5) is 0 Å². The summed E-state index contributed by atoms with van der Waals surface area (Å²) in [4.78, 5) is 38.4. The summed E-state index contributed by atoms with van der Waals surface area (Å²) in [6.45, 7) is 6.69. The Morgan fingerprint density at radius 1 is 0.253 bits per heavy atom. The zero-order valence-electron chi connectivity index (χ0n) is 53.7. The van der Waals surface area contributed by atoms with Crippen molar-refractivity contribution in [3.05, 3.63) is 24.3 Å². The molecule has 0 radical (unpaired) electrons. The summed E-state index contributed by atoms with van der Waals surface area (Å²) in [7, 11) is 0. The number of unbranched alkanes of at least 4 members (excludes halogenated alkanes) is 52. The van der Waals surface area contributed by atoms with Crippen molar-refractivity contribution in [2.45, 2.75) is 412 Å². The van der Waals surface area contributed by atoms with E-state index in [0.717, 1.165) is 70.6 Å². The Labute approximate surface area is 493 Å². The molecule has 0 aliphatic rings. The maximum absolute atomic E-state index is 12.9. The minimum atomic E-state index is -0.772. The molecule has 0 saturated heterocycles. The summed E-state index contributed by atoms with van der Waals surface area (Å²) >= 11 is 0. The number of ether oxygens (including phenoxy) is 3. The molecule has 6 nitrogen and oxygen atoms in total. The van der Waals surface area contributed by atoms with Gasteiger partial charge in [0.1, 0.15) is 13.2 Å². The highest BCUT2D eigenvalue weighted by atomic mass is 16.6. The predicted molar refractivity (Wildman–Crippen MR) is 344 cm³/mol. The van der Waals surface area contributed by atoms with Crippen LogP contribution in [0.2, 0.25) is 0 Å². The van der Waals surface area contributed by atoms with Crippen LogP contribution in [0, 0.1) is 0 Å². The molecule has 0 aromatic carbocycles. The van der Waals surface area contributed by atoms with E-state index in [1.54, 1.807) is 0 Å². The Hall–Kier alpha value is -2.11. The van der Waals surface area contributed by atoms with Gasteiger partial charge in [0.05, 0.1) is 0 Å². The molecule has 0 spiro atoms. The van der Waals surface area contributed by atoms with E-state index in [1.165, 1.54) is 295 Å². The topological polar surface area (TPSA) is 78.9 Å². The van der Waals surface area contributed by atoms with Gasteiger partial charge in [0.15, 0.2) is 6.10 Å². The molecule has 6 heteroatoms. The third-order valence-electron chi connectivity index (χ3n) is 16.5. The summed E-state index contributed by atoms with van der Waals surface area (Å²) in [5, 5.41) is 0. The van der Waals surface area contributed by atoms with Crippen molar-refractivity contribution in [1.29, 1.82) is 0 Å². The maximum Gasteiger partial charge on any atom is 0.306 e. The molecule has 0 bridgehead atoms. The third-order valence-corrected chi connectivity index (χ3v) is 16.5. The molecule has 466 valence electrons. The molecule has 0 aliphatic carbocycles. The number of allylic oxidation sites excluding steroid dienone is 4. The lowest BCUT2D eigenvalue weighted by molar-refractivity contribution is -0.167. The molecular weight excluding hydrogens is 973 g/mol. The van der Waals surface area contributed by atoms with Crippen molar-refractivity contribution in [1.82, 2.24) is 0 Å². The number of esters is 3. The second kappa shape index (κ2) is 68.4. The molecule has 1 atom stereocenters. The second-order valence-corrected chi connectivity index (χ2v) is 24.5. The zero-order valence-corrected chi connectivity index (χ0v) is 53.7. The van der Waals surface area contributed by atoms with Crippen LogP contribution >= 0.6 is 0 Å². The summed E-state index contributed by atoms with van der Waals surface area (Å²) in [6, 6.07) is 0. The number of hydrogen-bond donors (Lipinski definition) is 0. The van der Waals surface area contributed by atoms with Gasteiger partial charge in [0.25, 0.3) is 0 Å². The van der Waals surface area contributed by atoms with Crippen LogP contribution in [-0.4, -0.2) is 37.2 Å². The SMILES string of the molecule is CCCCC/C=C\C/C=C\CCCCCCCCCC(=O)OC(COC(=O)CCCCCCCCCCCCCCCC)COC(=O)CCCCCCCCCCCCCCCCCCCCCCCCCCCCCCCC. The largest absolute Gasteiger partial charge is 0.462 e. The van der Waals surface area contributed by atoms with Gasteiger partial charge < -0.3 is 14.2 Å². The highest BCUT2D eigenvalue weighted by Gasteiger charge is 2.19. The fourth-order valence-electron chi connectivity index (χ4n) is 11.1. The van der Waals surface area contributed by atoms with Crippen LogP contribution in [0.15, 0.2) is 24.3 Å². The Morgan fingerprint density at radius 2 is 0.456 bits per heavy atom. The van der Waals surface area contributed by atoms with E-state index in [1.807, 2.05) is 0 Å². The third kappa shape index (κ3) is 66.6. The minimum Gasteiger partial charge on any atom is -0.462 e. The van der Waals surface area contributed by atoms with Crippen LogP contribution in [0.1, 0.15) is 406 Å². The molecule has 1 unspecified atom stereocenters.